The van der Waals surface area contributed by atoms with Crippen LogP contribution in [0.5, 0.6) is 0 Å². The summed E-state index contributed by atoms with van der Waals surface area (Å²) in [4.78, 5) is 6.74. The van der Waals surface area contributed by atoms with E-state index in [0.29, 0.717) is 0 Å². The molecule has 0 unspecified atom stereocenters. The lowest BCUT2D eigenvalue weighted by Crippen LogP contribution is -2.38. The molecule has 0 amide bonds. The van der Waals surface area contributed by atoms with Gasteiger partial charge in [0.15, 0.2) is 5.96 Å². The van der Waals surface area contributed by atoms with Crippen molar-refractivity contribution in [2.24, 2.45) is 4.99 Å². The van der Waals surface area contributed by atoms with Crippen LogP contribution in [-0.2, 0) is 4.74 Å². The zero-order valence-electron chi connectivity index (χ0n) is 13.2. The number of unbranched alkanes of at least 4 members (excludes halogenated alkanes) is 1. The Bertz CT molecular complexity index is 219. The number of hydrogen-bond acceptors (Lipinski definition) is 3. The van der Waals surface area contributed by atoms with Crippen LogP contribution in [0, 0.1) is 0 Å². The summed E-state index contributed by atoms with van der Waals surface area (Å²) in [5.41, 5.74) is 0. The van der Waals surface area contributed by atoms with Gasteiger partial charge in [-0.15, -0.1) is 0 Å². The highest BCUT2D eigenvalue weighted by Gasteiger charge is 1.96. The molecule has 0 aromatic rings. The van der Waals surface area contributed by atoms with E-state index in [1.54, 1.807) is 0 Å². The second kappa shape index (κ2) is 13.6. The van der Waals surface area contributed by atoms with E-state index in [4.69, 9.17) is 4.74 Å². The van der Waals surface area contributed by atoms with Gasteiger partial charge < -0.3 is 20.3 Å². The van der Waals surface area contributed by atoms with Crippen LogP contribution in [0.2, 0.25) is 0 Å². The molecule has 0 fully saturated rings. The van der Waals surface area contributed by atoms with E-state index in [1.807, 2.05) is 6.92 Å². The van der Waals surface area contributed by atoms with Gasteiger partial charge in [0.2, 0.25) is 0 Å². The van der Waals surface area contributed by atoms with E-state index >= 15 is 0 Å². The third-order valence-electron chi connectivity index (χ3n) is 2.59. The molecule has 0 heterocycles. The lowest BCUT2D eigenvalue weighted by Gasteiger charge is -2.12. The van der Waals surface area contributed by atoms with Crippen molar-refractivity contribution >= 4 is 5.96 Å². The topological polar surface area (TPSA) is 48.9 Å². The zero-order chi connectivity index (χ0) is 14.3. The van der Waals surface area contributed by atoms with Crippen LogP contribution in [-0.4, -0.2) is 64.3 Å². The molecule has 2 N–H and O–H groups in total. The van der Waals surface area contributed by atoms with Gasteiger partial charge in [-0.05, 0) is 53.8 Å². The summed E-state index contributed by atoms with van der Waals surface area (Å²) in [6.07, 6.45) is 3.30. The molecule has 0 aromatic carbocycles. The summed E-state index contributed by atoms with van der Waals surface area (Å²) in [5.74, 6) is 0.928. The molecule has 114 valence electrons. The average Bonchev–Trinajstić information content (AvgIpc) is 2.38. The summed E-state index contributed by atoms with van der Waals surface area (Å²) in [6.45, 7) is 9.58. The maximum absolute atomic E-state index is 5.31. The minimum Gasteiger partial charge on any atom is -0.382 e. The Labute approximate surface area is 118 Å². The number of rotatable bonds is 11. The van der Waals surface area contributed by atoms with E-state index in [0.717, 1.165) is 64.6 Å². The van der Waals surface area contributed by atoms with E-state index in [1.165, 1.54) is 0 Å². The van der Waals surface area contributed by atoms with Gasteiger partial charge in [0.25, 0.3) is 0 Å². The van der Waals surface area contributed by atoms with E-state index in [-0.39, 0.29) is 0 Å². The molecule has 5 nitrogen and oxygen atoms in total. The van der Waals surface area contributed by atoms with Crippen LogP contribution in [0.25, 0.3) is 0 Å². The first-order chi connectivity index (χ1) is 9.20. The van der Waals surface area contributed by atoms with Crippen molar-refractivity contribution in [2.45, 2.75) is 33.1 Å². The van der Waals surface area contributed by atoms with Crippen LogP contribution in [0.15, 0.2) is 4.99 Å². The Morgan fingerprint density at radius 1 is 1.11 bits per heavy atom. The average molecular weight is 272 g/mol. The lowest BCUT2D eigenvalue weighted by atomic mass is 10.3. The SMILES string of the molecule is CCNC(=NCCCN(C)C)NCCCCOCC. The number of aliphatic imine (C=N–C) groups is 1. The van der Waals surface area contributed by atoms with Crippen LogP contribution in [0.3, 0.4) is 0 Å². The Hall–Kier alpha value is -0.810. The molecule has 0 radical (unpaired) electrons. The Balaban J connectivity index is 3.68. The van der Waals surface area contributed by atoms with Gasteiger partial charge in [-0.25, -0.2) is 0 Å². The fraction of sp³-hybridized carbons (Fsp3) is 0.929. The summed E-state index contributed by atoms with van der Waals surface area (Å²) in [7, 11) is 4.18. The Morgan fingerprint density at radius 2 is 1.89 bits per heavy atom. The number of nitrogens with one attached hydrogen (secondary N) is 2. The first-order valence-electron chi connectivity index (χ1n) is 7.45. The molecule has 0 atom stereocenters. The van der Waals surface area contributed by atoms with Gasteiger partial charge in [-0.1, -0.05) is 0 Å². The molecule has 19 heavy (non-hydrogen) atoms. The van der Waals surface area contributed by atoms with E-state index in [9.17, 15) is 0 Å². The Morgan fingerprint density at radius 3 is 2.53 bits per heavy atom. The molecule has 0 aromatic heterocycles. The molecule has 0 aliphatic rings. The molecule has 5 heteroatoms. The molecule has 0 aliphatic carbocycles. The largest absolute Gasteiger partial charge is 0.382 e. The van der Waals surface area contributed by atoms with Gasteiger partial charge >= 0.3 is 0 Å². The predicted molar refractivity (Wildman–Crippen MR) is 82.9 cm³/mol. The first kappa shape index (κ1) is 18.2. The highest BCUT2D eigenvalue weighted by molar-refractivity contribution is 5.79. The van der Waals surface area contributed by atoms with Crippen molar-refractivity contribution in [2.75, 3.05) is 53.5 Å². The third kappa shape index (κ3) is 13.4. The summed E-state index contributed by atoms with van der Waals surface area (Å²) in [6, 6.07) is 0. The quantitative estimate of drug-likeness (QED) is 0.338. The van der Waals surface area contributed by atoms with E-state index < -0.39 is 0 Å². The summed E-state index contributed by atoms with van der Waals surface area (Å²) >= 11 is 0. The van der Waals surface area contributed by atoms with Crippen LogP contribution < -0.4 is 10.6 Å². The van der Waals surface area contributed by atoms with Crippen molar-refractivity contribution in [1.82, 2.24) is 15.5 Å². The lowest BCUT2D eigenvalue weighted by molar-refractivity contribution is 0.143. The maximum Gasteiger partial charge on any atom is 0.191 e. The van der Waals surface area contributed by atoms with E-state index in [2.05, 4.69) is 41.5 Å². The normalized spacial score (nSPS) is 11.9. The van der Waals surface area contributed by atoms with Gasteiger partial charge in [-0.2, -0.15) is 0 Å². The molecular formula is C14H32N4O. The number of nitrogens with zero attached hydrogens (tertiary/aromatic N) is 2. The fourth-order valence-electron chi connectivity index (χ4n) is 1.60. The van der Waals surface area contributed by atoms with Crippen molar-refractivity contribution in [3.8, 4) is 0 Å². The molecule has 0 aliphatic heterocycles. The molecule has 0 bridgehead atoms. The minimum absolute atomic E-state index is 0.809. The zero-order valence-corrected chi connectivity index (χ0v) is 13.2. The standard InChI is InChI=1S/C14H32N4O/c1-5-15-14(17-11-9-12-18(3)4)16-10-7-8-13-19-6-2/h5-13H2,1-4H3,(H2,15,16,17). The number of hydrogen-bond donors (Lipinski definition) is 2. The highest BCUT2D eigenvalue weighted by Crippen LogP contribution is 1.89. The van der Waals surface area contributed by atoms with Crippen molar-refractivity contribution in [3.63, 3.8) is 0 Å². The van der Waals surface area contributed by atoms with Crippen molar-refractivity contribution < 1.29 is 4.74 Å². The van der Waals surface area contributed by atoms with Crippen LogP contribution in [0.1, 0.15) is 33.1 Å². The van der Waals surface area contributed by atoms with Crippen molar-refractivity contribution in [3.05, 3.63) is 0 Å². The van der Waals surface area contributed by atoms with Gasteiger partial charge in [0, 0.05) is 32.8 Å². The van der Waals surface area contributed by atoms with Crippen LogP contribution >= 0.6 is 0 Å². The summed E-state index contributed by atoms with van der Waals surface area (Å²) in [5, 5.41) is 6.62. The molecule has 0 saturated carbocycles. The molecule has 0 saturated heterocycles. The first-order valence-corrected chi connectivity index (χ1v) is 7.45. The van der Waals surface area contributed by atoms with Gasteiger partial charge in [-0.3, -0.25) is 4.99 Å². The third-order valence-corrected chi connectivity index (χ3v) is 2.59. The monoisotopic (exact) mass is 272 g/mol. The summed E-state index contributed by atoms with van der Waals surface area (Å²) < 4.78 is 5.31. The van der Waals surface area contributed by atoms with Crippen LogP contribution in [0.4, 0.5) is 0 Å². The fourth-order valence-corrected chi connectivity index (χ4v) is 1.60. The smallest absolute Gasteiger partial charge is 0.191 e. The predicted octanol–water partition coefficient (Wildman–Crippen LogP) is 1.31. The van der Waals surface area contributed by atoms with Gasteiger partial charge in [0.1, 0.15) is 0 Å². The molecule has 0 spiro atoms. The highest BCUT2D eigenvalue weighted by atomic mass is 16.5. The molecular weight excluding hydrogens is 240 g/mol. The molecule has 0 rings (SSSR count). The minimum atomic E-state index is 0.809. The second-order valence-corrected chi connectivity index (χ2v) is 4.75. The van der Waals surface area contributed by atoms with Gasteiger partial charge in [0.05, 0.1) is 0 Å². The Kier molecular flexibility index (Phi) is 13.0. The van der Waals surface area contributed by atoms with Crippen molar-refractivity contribution in [1.29, 1.82) is 0 Å². The maximum atomic E-state index is 5.31. The number of guanidine groups is 1. The number of ether oxygens (including phenoxy) is 1. The second-order valence-electron chi connectivity index (χ2n) is 4.75.